The summed E-state index contributed by atoms with van der Waals surface area (Å²) in [5, 5.41) is 12.3. The summed E-state index contributed by atoms with van der Waals surface area (Å²) >= 11 is 0. The zero-order chi connectivity index (χ0) is 12.6. The van der Waals surface area contributed by atoms with Gasteiger partial charge < -0.3 is 16.2 Å². The van der Waals surface area contributed by atoms with Crippen LogP contribution in [0.1, 0.15) is 39.5 Å². The molecule has 4 nitrogen and oxygen atoms in total. The fraction of sp³-hybridized carbons (Fsp3) is 0.909. The van der Waals surface area contributed by atoms with Gasteiger partial charge in [-0.1, -0.05) is 33.0 Å². The highest BCUT2D eigenvalue weighted by atomic mass is 16.4. The van der Waals surface area contributed by atoms with Gasteiger partial charge in [0.1, 0.15) is 13.4 Å². The van der Waals surface area contributed by atoms with Gasteiger partial charge in [-0.2, -0.15) is 0 Å². The van der Waals surface area contributed by atoms with E-state index in [0.717, 1.165) is 19.2 Å². The van der Waals surface area contributed by atoms with Gasteiger partial charge in [0.25, 0.3) is 0 Å². The largest absolute Gasteiger partial charge is 0.480 e. The molecule has 0 spiro atoms. The minimum Gasteiger partial charge on any atom is -0.480 e. The molecule has 0 unspecified atom stereocenters. The molecule has 0 amide bonds. The van der Waals surface area contributed by atoms with E-state index in [1.54, 1.807) is 0 Å². The van der Waals surface area contributed by atoms with Crippen LogP contribution in [0, 0.1) is 0 Å². The number of unbranched alkanes of at least 4 members (excludes halogenated alkanes) is 1. The second-order valence-electron chi connectivity index (χ2n) is 4.78. The summed E-state index contributed by atoms with van der Waals surface area (Å²) in [4.78, 5) is 11.1. The van der Waals surface area contributed by atoms with Crippen LogP contribution in [0.5, 0.6) is 0 Å². The van der Waals surface area contributed by atoms with E-state index in [0.29, 0.717) is 25.4 Å². The minimum atomic E-state index is -1.06. The third kappa shape index (κ3) is 6.13. The molecule has 0 fully saturated rings. The summed E-state index contributed by atoms with van der Waals surface area (Å²) in [5.41, 5.74) is 4.87. The van der Waals surface area contributed by atoms with Crippen molar-refractivity contribution in [3.63, 3.8) is 0 Å². The van der Waals surface area contributed by atoms with Gasteiger partial charge in [0.05, 0.1) is 0 Å². The van der Waals surface area contributed by atoms with Crippen molar-refractivity contribution in [3.05, 3.63) is 0 Å². The quantitative estimate of drug-likeness (QED) is 0.394. The second-order valence-corrected chi connectivity index (χ2v) is 4.78. The molecule has 5 heteroatoms. The van der Waals surface area contributed by atoms with Gasteiger partial charge >= 0.3 is 5.97 Å². The molecule has 4 N–H and O–H groups in total. The van der Waals surface area contributed by atoms with Crippen LogP contribution in [0.2, 0.25) is 6.32 Å². The van der Waals surface area contributed by atoms with E-state index in [2.05, 4.69) is 13.2 Å². The van der Waals surface area contributed by atoms with Gasteiger partial charge in [-0.25, -0.2) is 0 Å². The molecule has 0 rings (SSSR count). The van der Waals surface area contributed by atoms with Crippen molar-refractivity contribution >= 4 is 13.8 Å². The van der Waals surface area contributed by atoms with Crippen molar-refractivity contribution in [1.29, 1.82) is 0 Å². The lowest BCUT2D eigenvalue weighted by Crippen LogP contribution is -2.50. The Bertz CT molecular complexity index is 212. The number of rotatable bonds is 9. The zero-order valence-corrected chi connectivity index (χ0v) is 10.8. The molecule has 0 aromatic heterocycles. The van der Waals surface area contributed by atoms with Gasteiger partial charge in [-0.05, 0) is 19.4 Å². The minimum absolute atomic E-state index is 0.369. The Labute approximate surface area is 99.4 Å². The number of nitrogens with two attached hydrogens (primary N) is 1. The van der Waals surface area contributed by atoms with Gasteiger partial charge in [-0.3, -0.25) is 4.79 Å². The number of carbonyl (C=O) groups is 1. The van der Waals surface area contributed by atoms with Crippen LogP contribution in [0.3, 0.4) is 0 Å². The van der Waals surface area contributed by atoms with Crippen molar-refractivity contribution in [1.82, 2.24) is 5.32 Å². The normalized spacial score (nSPS) is 15.0. The third-order valence-electron chi connectivity index (χ3n) is 2.78. The lowest BCUT2D eigenvalue weighted by Gasteiger charge is -2.25. The van der Waals surface area contributed by atoms with Crippen molar-refractivity contribution < 1.29 is 9.90 Å². The molecule has 0 aromatic rings. The first-order valence-electron chi connectivity index (χ1n) is 6.18. The maximum absolute atomic E-state index is 11.1. The molecule has 0 aliphatic rings. The number of aliphatic carboxylic acids is 1. The number of hydrogen-bond acceptors (Lipinski definition) is 3. The fourth-order valence-electron chi connectivity index (χ4n) is 1.61. The molecule has 0 aliphatic heterocycles. The van der Waals surface area contributed by atoms with Crippen LogP contribution in [-0.2, 0) is 4.79 Å². The van der Waals surface area contributed by atoms with Crippen LogP contribution in [0.4, 0.5) is 0 Å². The first-order chi connectivity index (χ1) is 7.42. The molecule has 0 aliphatic carbocycles. The summed E-state index contributed by atoms with van der Waals surface area (Å²) < 4.78 is 0. The molecule has 0 radical (unpaired) electrons. The molecule has 94 valence electrons. The summed E-state index contributed by atoms with van der Waals surface area (Å²) in [7, 11) is 2.10. The lowest BCUT2D eigenvalue weighted by atomic mass is 9.88. The van der Waals surface area contributed by atoms with Crippen molar-refractivity contribution in [2.75, 3.05) is 6.54 Å². The zero-order valence-electron chi connectivity index (χ0n) is 10.8. The number of carboxylic acid groups (broad SMARTS) is 1. The topological polar surface area (TPSA) is 75.3 Å². The van der Waals surface area contributed by atoms with Crippen LogP contribution >= 0.6 is 0 Å². The van der Waals surface area contributed by atoms with Gasteiger partial charge in [0, 0.05) is 6.04 Å². The van der Waals surface area contributed by atoms with E-state index in [1.807, 2.05) is 13.8 Å². The molecule has 1 atom stereocenters. The van der Waals surface area contributed by atoms with Gasteiger partial charge in [0.2, 0.25) is 0 Å². The van der Waals surface area contributed by atoms with Gasteiger partial charge in [-0.15, -0.1) is 0 Å². The number of nitrogens with one attached hydrogen (secondary N) is 1. The maximum atomic E-state index is 11.1. The molecule has 0 saturated heterocycles. The highest BCUT2D eigenvalue weighted by Gasteiger charge is 2.32. The van der Waals surface area contributed by atoms with Crippen LogP contribution in [0.15, 0.2) is 0 Å². The Morgan fingerprint density at radius 1 is 1.44 bits per heavy atom. The summed E-state index contributed by atoms with van der Waals surface area (Å²) in [5.74, 6) is -0.880. The first-order valence-corrected chi connectivity index (χ1v) is 6.18. The van der Waals surface area contributed by atoms with E-state index in [4.69, 9.17) is 10.8 Å². The third-order valence-corrected chi connectivity index (χ3v) is 2.78. The van der Waals surface area contributed by atoms with E-state index in [-0.39, 0.29) is 0 Å². The molecule has 16 heavy (non-hydrogen) atoms. The van der Waals surface area contributed by atoms with Crippen molar-refractivity contribution in [3.8, 4) is 0 Å². The highest BCUT2D eigenvalue weighted by Crippen LogP contribution is 2.16. The predicted octanol–water partition coefficient (Wildman–Crippen LogP) is 0.378. The van der Waals surface area contributed by atoms with Crippen LogP contribution in [0.25, 0.3) is 0 Å². The summed E-state index contributed by atoms with van der Waals surface area (Å²) in [6.07, 6.45) is 4.07. The molecule has 0 bridgehead atoms. The van der Waals surface area contributed by atoms with Crippen LogP contribution < -0.4 is 11.1 Å². The summed E-state index contributed by atoms with van der Waals surface area (Å²) in [6, 6.07) is 0.369. The number of hydrogen-bond donors (Lipinski definition) is 3. The van der Waals surface area contributed by atoms with E-state index >= 15 is 0 Å². The Hall–Kier alpha value is -0.545. The smallest absolute Gasteiger partial charge is 0.323 e. The average molecular weight is 228 g/mol. The Kier molecular flexibility index (Phi) is 7.42. The molecular weight excluding hydrogens is 203 g/mol. The van der Waals surface area contributed by atoms with Crippen molar-refractivity contribution in [2.24, 2.45) is 5.73 Å². The first kappa shape index (κ1) is 15.5. The Morgan fingerprint density at radius 3 is 2.50 bits per heavy atom. The highest BCUT2D eigenvalue weighted by molar-refractivity contribution is 6.08. The lowest BCUT2D eigenvalue weighted by molar-refractivity contribution is -0.144. The molecule has 0 saturated carbocycles. The monoisotopic (exact) mass is 228 g/mol. The molecule has 0 aromatic carbocycles. The fourth-order valence-corrected chi connectivity index (χ4v) is 1.61. The maximum Gasteiger partial charge on any atom is 0.323 e. The molecular formula is C11H25BN2O2. The molecule has 0 heterocycles. The Morgan fingerprint density at radius 2 is 2.06 bits per heavy atom. The van der Waals surface area contributed by atoms with Crippen LogP contribution in [-0.4, -0.2) is 37.0 Å². The number of carboxylic acids is 1. The second kappa shape index (κ2) is 7.68. The standard InChI is InChI=1S/C11H25BN2O2/c1-9(2)14-8-6-11(13,10(15)16)5-3-4-7-12/h9,14H,3-8,12-13H2,1-2H3,(H,15,16)/t11-/m1/s1. The Balaban J connectivity index is 4.06. The van der Waals surface area contributed by atoms with E-state index < -0.39 is 11.5 Å². The van der Waals surface area contributed by atoms with Gasteiger partial charge in [0.15, 0.2) is 0 Å². The SMILES string of the molecule is BCCCC[C@@](N)(CCNC(C)C)C(=O)O. The van der Waals surface area contributed by atoms with Crippen molar-refractivity contribution in [2.45, 2.75) is 57.4 Å². The van der Waals surface area contributed by atoms with E-state index in [1.165, 1.54) is 0 Å². The van der Waals surface area contributed by atoms with E-state index in [9.17, 15) is 4.79 Å². The summed E-state index contributed by atoms with van der Waals surface area (Å²) in [6.45, 7) is 4.73. The predicted molar refractivity (Wildman–Crippen MR) is 69.5 cm³/mol. The average Bonchev–Trinajstić information content (AvgIpc) is 2.17.